The van der Waals surface area contributed by atoms with E-state index in [0.29, 0.717) is 23.6 Å². The first kappa shape index (κ1) is 14.7. The smallest absolute Gasteiger partial charge is 0.341 e. The molecule has 1 aliphatic heterocycles. The van der Waals surface area contributed by atoms with Gasteiger partial charge in [-0.05, 0) is 25.0 Å². The quantitative estimate of drug-likeness (QED) is 0.783. The first-order valence-corrected chi connectivity index (χ1v) is 8.39. The molecule has 2 rings (SSSR count). The van der Waals surface area contributed by atoms with Crippen molar-refractivity contribution in [2.45, 2.75) is 28.3 Å². The molecule has 0 amide bonds. The summed E-state index contributed by atoms with van der Waals surface area (Å²) >= 11 is 3.50. The van der Waals surface area contributed by atoms with Crippen LogP contribution in [-0.4, -0.2) is 32.1 Å². The van der Waals surface area contributed by atoms with Crippen LogP contribution in [0.2, 0.25) is 0 Å². The fraction of sp³-hybridized carbons (Fsp3) is 0.500. The van der Waals surface area contributed by atoms with Gasteiger partial charge in [0.05, 0.1) is 10.6 Å². The molecule has 106 valence electrons. The van der Waals surface area contributed by atoms with Crippen LogP contribution in [0.25, 0.3) is 0 Å². The highest BCUT2D eigenvalue weighted by atomic mass is 79.9. The van der Waals surface area contributed by atoms with Crippen LogP contribution in [0.4, 0.5) is 14.5 Å². The standard InChI is InChI=1S/C12H14BrF2NO2S/c13-9-5-7-16(8-6-9)10-3-1-2-4-11(10)19(17,18)12(14)15/h1-4,9,12H,5-8H2. The van der Waals surface area contributed by atoms with Crippen molar-refractivity contribution in [3.05, 3.63) is 24.3 Å². The highest BCUT2D eigenvalue weighted by Crippen LogP contribution is 2.31. The molecule has 0 bridgehead atoms. The van der Waals surface area contributed by atoms with E-state index >= 15 is 0 Å². The van der Waals surface area contributed by atoms with E-state index in [4.69, 9.17) is 0 Å². The summed E-state index contributed by atoms with van der Waals surface area (Å²) in [4.78, 5) is 1.98. The Hall–Kier alpha value is -0.690. The summed E-state index contributed by atoms with van der Waals surface area (Å²) in [5.41, 5.74) is 0.377. The first-order valence-electron chi connectivity index (χ1n) is 5.93. The number of alkyl halides is 3. The van der Waals surface area contributed by atoms with Crippen molar-refractivity contribution in [2.24, 2.45) is 0 Å². The summed E-state index contributed by atoms with van der Waals surface area (Å²) < 4.78 is 48.7. The Morgan fingerprint density at radius 1 is 1.21 bits per heavy atom. The summed E-state index contributed by atoms with van der Waals surface area (Å²) in [6.45, 7) is 1.32. The lowest BCUT2D eigenvalue weighted by atomic mass is 10.1. The van der Waals surface area contributed by atoms with Gasteiger partial charge in [-0.3, -0.25) is 0 Å². The average molecular weight is 354 g/mol. The maximum Gasteiger partial charge on any atom is 0.341 e. The number of sulfone groups is 1. The highest BCUT2D eigenvalue weighted by molar-refractivity contribution is 9.09. The number of piperidine rings is 1. The molecule has 1 aromatic carbocycles. The number of para-hydroxylation sites is 1. The summed E-state index contributed by atoms with van der Waals surface area (Å²) in [6, 6.07) is 5.97. The van der Waals surface area contributed by atoms with E-state index in [-0.39, 0.29) is 4.90 Å². The molecule has 0 atom stereocenters. The number of anilines is 1. The number of nitrogens with zero attached hydrogens (tertiary/aromatic N) is 1. The molecule has 0 spiro atoms. The van der Waals surface area contributed by atoms with Crippen LogP contribution in [0.5, 0.6) is 0 Å². The molecule has 0 aromatic heterocycles. The van der Waals surface area contributed by atoms with Gasteiger partial charge in [-0.1, -0.05) is 28.1 Å². The van der Waals surface area contributed by atoms with E-state index in [2.05, 4.69) is 15.9 Å². The zero-order valence-electron chi connectivity index (χ0n) is 10.1. The van der Waals surface area contributed by atoms with Gasteiger partial charge in [0.15, 0.2) is 0 Å². The van der Waals surface area contributed by atoms with Gasteiger partial charge in [0.1, 0.15) is 0 Å². The minimum absolute atomic E-state index is 0.280. The van der Waals surface area contributed by atoms with Gasteiger partial charge in [0.2, 0.25) is 9.84 Å². The lowest BCUT2D eigenvalue weighted by Crippen LogP contribution is -2.35. The minimum atomic E-state index is -4.56. The highest BCUT2D eigenvalue weighted by Gasteiger charge is 2.31. The van der Waals surface area contributed by atoms with Crippen LogP contribution < -0.4 is 4.90 Å². The molecular weight excluding hydrogens is 340 g/mol. The molecule has 0 unspecified atom stereocenters. The van der Waals surface area contributed by atoms with Crippen LogP contribution in [0, 0.1) is 0 Å². The van der Waals surface area contributed by atoms with Crippen molar-refractivity contribution in [1.82, 2.24) is 0 Å². The van der Waals surface area contributed by atoms with Crippen molar-refractivity contribution in [3.8, 4) is 0 Å². The maximum absolute atomic E-state index is 12.7. The third kappa shape index (κ3) is 3.08. The van der Waals surface area contributed by atoms with Gasteiger partial charge in [0, 0.05) is 17.9 Å². The Bertz CT molecular complexity index is 542. The minimum Gasteiger partial charge on any atom is -0.370 e. The third-order valence-corrected chi connectivity index (χ3v) is 5.51. The summed E-state index contributed by atoms with van der Waals surface area (Å²) in [6.07, 6.45) is 1.73. The first-order chi connectivity index (χ1) is 8.93. The van der Waals surface area contributed by atoms with E-state index in [0.717, 1.165) is 12.8 Å². The van der Waals surface area contributed by atoms with Crippen LogP contribution in [0.3, 0.4) is 0 Å². The Kier molecular flexibility index (Phi) is 4.45. The molecule has 0 saturated carbocycles. The topological polar surface area (TPSA) is 37.4 Å². The molecule has 1 aromatic rings. The molecule has 7 heteroatoms. The van der Waals surface area contributed by atoms with Gasteiger partial charge in [0.25, 0.3) is 0 Å². The number of hydrogen-bond donors (Lipinski definition) is 0. The van der Waals surface area contributed by atoms with E-state index in [1.54, 1.807) is 12.1 Å². The average Bonchev–Trinajstić information content (AvgIpc) is 2.39. The van der Waals surface area contributed by atoms with Crippen LogP contribution in [-0.2, 0) is 9.84 Å². The Morgan fingerprint density at radius 3 is 2.37 bits per heavy atom. The predicted molar refractivity (Wildman–Crippen MR) is 73.8 cm³/mol. The third-order valence-electron chi connectivity index (χ3n) is 3.17. The lowest BCUT2D eigenvalue weighted by Gasteiger charge is -2.32. The Morgan fingerprint density at radius 2 is 1.79 bits per heavy atom. The van der Waals surface area contributed by atoms with Crippen molar-refractivity contribution in [3.63, 3.8) is 0 Å². The second-order valence-corrected chi connectivity index (χ2v) is 7.62. The Balaban J connectivity index is 2.37. The molecule has 1 fully saturated rings. The predicted octanol–water partition coefficient (Wildman–Crippen LogP) is 3.05. The van der Waals surface area contributed by atoms with Gasteiger partial charge in [-0.2, -0.15) is 8.78 Å². The van der Waals surface area contributed by atoms with Crippen LogP contribution >= 0.6 is 15.9 Å². The Labute approximate surface area is 119 Å². The normalized spacial score (nSPS) is 18.0. The summed E-state index contributed by atoms with van der Waals surface area (Å²) in [5.74, 6) is -3.39. The monoisotopic (exact) mass is 353 g/mol. The van der Waals surface area contributed by atoms with Gasteiger partial charge < -0.3 is 4.90 Å². The second kappa shape index (κ2) is 5.75. The van der Waals surface area contributed by atoms with Gasteiger partial charge in [-0.15, -0.1) is 0 Å². The summed E-state index contributed by atoms with van der Waals surface area (Å²) in [7, 11) is -4.56. The van der Waals surface area contributed by atoms with E-state index in [1.165, 1.54) is 12.1 Å². The maximum atomic E-state index is 12.7. The molecule has 0 aliphatic carbocycles. The second-order valence-electron chi connectivity index (χ2n) is 4.44. The number of rotatable bonds is 3. The van der Waals surface area contributed by atoms with Crippen molar-refractivity contribution in [2.75, 3.05) is 18.0 Å². The van der Waals surface area contributed by atoms with Crippen LogP contribution in [0.1, 0.15) is 12.8 Å². The van der Waals surface area contributed by atoms with Gasteiger partial charge >= 0.3 is 5.76 Å². The molecule has 1 heterocycles. The lowest BCUT2D eigenvalue weighted by molar-refractivity contribution is 0.235. The van der Waals surface area contributed by atoms with Crippen molar-refractivity contribution in [1.29, 1.82) is 0 Å². The fourth-order valence-corrected chi connectivity index (χ4v) is 3.50. The molecule has 1 aliphatic rings. The molecule has 0 radical (unpaired) electrons. The molecule has 19 heavy (non-hydrogen) atoms. The zero-order valence-corrected chi connectivity index (χ0v) is 12.5. The van der Waals surface area contributed by atoms with Crippen molar-refractivity contribution < 1.29 is 17.2 Å². The number of benzene rings is 1. The SMILES string of the molecule is O=S(=O)(c1ccccc1N1CCC(Br)CC1)C(F)F. The zero-order chi connectivity index (χ0) is 14.0. The van der Waals surface area contributed by atoms with Gasteiger partial charge in [-0.25, -0.2) is 8.42 Å². The van der Waals surface area contributed by atoms with Crippen LogP contribution in [0.15, 0.2) is 29.2 Å². The van der Waals surface area contributed by atoms with Crippen molar-refractivity contribution >= 4 is 31.5 Å². The largest absolute Gasteiger partial charge is 0.370 e. The molecule has 1 saturated heterocycles. The number of halogens is 3. The molecule has 3 nitrogen and oxygen atoms in total. The van der Waals surface area contributed by atoms with E-state index in [1.807, 2.05) is 4.90 Å². The van der Waals surface area contributed by atoms with E-state index in [9.17, 15) is 17.2 Å². The molecular formula is C12H14BrF2NO2S. The number of hydrogen-bond acceptors (Lipinski definition) is 3. The fourth-order valence-electron chi connectivity index (χ4n) is 2.14. The van der Waals surface area contributed by atoms with E-state index < -0.39 is 15.6 Å². The summed E-state index contributed by atoms with van der Waals surface area (Å²) in [5, 5.41) is 0. The molecule has 0 N–H and O–H groups in total.